The number of halogens is 4. The number of nitrogens with one attached hydrogen (secondary N) is 3. The topological polar surface area (TPSA) is 87.1 Å². The summed E-state index contributed by atoms with van der Waals surface area (Å²) < 4.78 is 52.2. The molecule has 0 bridgehead atoms. The Morgan fingerprint density at radius 3 is 2.62 bits per heavy atom. The standard InChI is InChI=1S/C21H19F4N7/c22-18-12-28-20(31-19(18)27-9-13-4-5-13)32-29-11-16-6-7-17(10-26-16)30-15-3-1-2-14(8-15)21(23,24)25/h1-3,6-8,10-13,30H,4-5,9H2,(H2,27,28,31,32)/b29-11+. The van der Waals surface area contributed by atoms with Crippen LogP contribution in [0.5, 0.6) is 0 Å². The number of hydrogen-bond acceptors (Lipinski definition) is 7. The summed E-state index contributed by atoms with van der Waals surface area (Å²) in [6, 6.07) is 8.18. The van der Waals surface area contributed by atoms with Crippen molar-refractivity contribution in [2.75, 3.05) is 22.6 Å². The fraction of sp³-hybridized carbons (Fsp3) is 0.238. The lowest BCUT2D eigenvalue weighted by molar-refractivity contribution is -0.137. The van der Waals surface area contributed by atoms with Crippen molar-refractivity contribution in [3.05, 3.63) is 65.9 Å². The number of rotatable bonds is 8. The normalized spacial score (nSPS) is 13.9. The molecule has 1 aliphatic rings. The van der Waals surface area contributed by atoms with Crippen LogP contribution >= 0.6 is 0 Å². The van der Waals surface area contributed by atoms with E-state index in [1.807, 2.05) is 0 Å². The summed E-state index contributed by atoms with van der Waals surface area (Å²) in [6.07, 6.45) is 1.80. The average Bonchev–Trinajstić information content (AvgIpc) is 3.59. The molecule has 7 nitrogen and oxygen atoms in total. The number of nitrogens with zero attached hydrogens (tertiary/aromatic N) is 4. The van der Waals surface area contributed by atoms with E-state index in [1.54, 1.807) is 12.1 Å². The minimum atomic E-state index is -4.41. The maximum atomic E-state index is 13.8. The van der Waals surface area contributed by atoms with Gasteiger partial charge in [0.2, 0.25) is 5.95 Å². The minimum Gasteiger partial charge on any atom is -0.367 e. The number of aromatic nitrogens is 3. The largest absolute Gasteiger partial charge is 0.416 e. The van der Waals surface area contributed by atoms with E-state index >= 15 is 0 Å². The molecule has 0 aliphatic heterocycles. The third kappa shape index (κ3) is 5.90. The van der Waals surface area contributed by atoms with Crippen LogP contribution in [0.4, 0.5) is 40.7 Å². The first kappa shape index (κ1) is 21.5. The molecule has 0 unspecified atom stereocenters. The quantitative estimate of drug-likeness (QED) is 0.256. The highest BCUT2D eigenvalue weighted by Gasteiger charge is 2.30. The predicted molar refractivity (Wildman–Crippen MR) is 113 cm³/mol. The molecule has 11 heteroatoms. The van der Waals surface area contributed by atoms with E-state index in [4.69, 9.17) is 0 Å². The predicted octanol–water partition coefficient (Wildman–Crippen LogP) is 5.04. The van der Waals surface area contributed by atoms with Gasteiger partial charge in [0.25, 0.3) is 0 Å². The van der Waals surface area contributed by atoms with Crippen LogP contribution in [-0.4, -0.2) is 27.7 Å². The highest BCUT2D eigenvalue weighted by molar-refractivity contribution is 5.78. The van der Waals surface area contributed by atoms with Crippen molar-refractivity contribution in [1.29, 1.82) is 0 Å². The zero-order valence-corrected chi connectivity index (χ0v) is 16.7. The van der Waals surface area contributed by atoms with Gasteiger partial charge < -0.3 is 10.6 Å². The summed E-state index contributed by atoms with van der Waals surface area (Å²) in [4.78, 5) is 12.1. The zero-order valence-electron chi connectivity index (χ0n) is 16.7. The van der Waals surface area contributed by atoms with Gasteiger partial charge >= 0.3 is 6.18 Å². The van der Waals surface area contributed by atoms with Gasteiger partial charge in [-0.05, 0) is 49.1 Å². The van der Waals surface area contributed by atoms with Crippen LogP contribution in [-0.2, 0) is 6.18 Å². The number of pyridine rings is 1. The van der Waals surface area contributed by atoms with Crippen molar-refractivity contribution in [2.24, 2.45) is 11.0 Å². The van der Waals surface area contributed by atoms with E-state index in [-0.39, 0.29) is 11.8 Å². The Labute approximate surface area is 181 Å². The number of hydrazone groups is 1. The fourth-order valence-corrected chi connectivity index (χ4v) is 2.76. The number of hydrogen-bond donors (Lipinski definition) is 3. The van der Waals surface area contributed by atoms with Gasteiger partial charge in [-0.1, -0.05) is 6.07 Å². The molecule has 1 aromatic carbocycles. The number of alkyl halides is 3. The number of benzene rings is 1. The molecule has 0 radical (unpaired) electrons. The molecule has 1 aliphatic carbocycles. The third-order valence-corrected chi connectivity index (χ3v) is 4.63. The van der Waals surface area contributed by atoms with Gasteiger partial charge in [0.05, 0.1) is 35.6 Å². The van der Waals surface area contributed by atoms with Crippen molar-refractivity contribution in [1.82, 2.24) is 15.0 Å². The fourth-order valence-electron chi connectivity index (χ4n) is 2.76. The van der Waals surface area contributed by atoms with Crippen LogP contribution in [0, 0.1) is 11.7 Å². The Kier molecular flexibility index (Phi) is 6.15. The van der Waals surface area contributed by atoms with E-state index in [2.05, 4.69) is 36.1 Å². The first-order valence-corrected chi connectivity index (χ1v) is 9.82. The lowest BCUT2D eigenvalue weighted by atomic mass is 10.2. The first-order chi connectivity index (χ1) is 15.4. The Hall–Kier alpha value is -3.76. The summed E-state index contributed by atoms with van der Waals surface area (Å²) >= 11 is 0. The third-order valence-electron chi connectivity index (χ3n) is 4.63. The van der Waals surface area contributed by atoms with Crippen LogP contribution < -0.4 is 16.1 Å². The lowest BCUT2D eigenvalue weighted by Gasteiger charge is -2.10. The van der Waals surface area contributed by atoms with Gasteiger partial charge in [-0.15, -0.1) is 0 Å². The summed E-state index contributed by atoms with van der Waals surface area (Å²) in [5.74, 6) is 0.276. The van der Waals surface area contributed by atoms with Crippen molar-refractivity contribution in [3.63, 3.8) is 0 Å². The molecule has 0 atom stereocenters. The second-order valence-corrected chi connectivity index (χ2v) is 7.26. The molecule has 1 saturated carbocycles. The van der Waals surface area contributed by atoms with Crippen LogP contribution in [0.2, 0.25) is 0 Å². The van der Waals surface area contributed by atoms with Gasteiger partial charge in [-0.25, -0.2) is 14.8 Å². The van der Waals surface area contributed by atoms with Gasteiger partial charge in [0.15, 0.2) is 11.6 Å². The van der Waals surface area contributed by atoms with Gasteiger partial charge in [-0.3, -0.25) is 4.98 Å². The summed E-state index contributed by atoms with van der Waals surface area (Å²) in [5.41, 5.74) is 3.18. The molecule has 3 aromatic rings. The molecule has 0 spiro atoms. The maximum Gasteiger partial charge on any atom is 0.416 e. The van der Waals surface area contributed by atoms with E-state index in [0.717, 1.165) is 31.2 Å². The molecule has 4 rings (SSSR count). The molecule has 0 saturated heterocycles. The highest BCUT2D eigenvalue weighted by Crippen LogP contribution is 2.31. The smallest absolute Gasteiger partial charge is 0.367 e. The lowest BCUT2D eigenvalue weighted by Crippen LogP contribution is -2.09. The molecule has 32 heavy (non-hydrogen) atoms. The Bertz CT molecular complexity index is 1100. The van der Waals surface area contributed by atoms with Crippen LogP contribution in [0.3, 0.4) is 0 Å². The van der Waals surface area contributed by atoms with Crippen LogP contribution in [0.1, 0.15) is 24.1 Å². The van der Waals surface area contributed by atoms with E-state index in [9.17, 15) is 17.6 Å². The second-order valence-electron chi connectivity index (χ2n) is 7.26. The summed E-state index contributed by atoms with van der Waals surface area (Å²) in [5, 5.41) is 9.82. The van der Waals surface area contributed by atoms with E-state index in [1.165, 1.54) is 24.5 Å². The van der Waals surface area contributed by atoms with Gasteiger partial charge in [0, 0.05) is 12.2 Å². The maximum absolute atomic E-state index is 13.8. The summed E-state index contributed by atoms with van der Waals surface area (Å²) in [7, 11) is 0. The molecule has 0 amide bonds. The second kappa shape index (κ2) is 9.16. The first-order valence-electron chi connectivity index (χ1n) is 9.82. The molecular weight excluding hydrogens is 426 g/mol. The summed E-state index contributed by atoms with van der Waals surface area (Å²) in [6.45, 7) is 0.668. The zero-order chi connectivity index (χ0) is 22.6. The Morgan fingerprint density at radius 1 is 1.06 bits per heavy atom. The monoisotopic (exact) mass is 445 g/mol. The van der Waals surface area contributed by atoms with Crippen LogP contribution in [0.25, 0.3) is 0 Å². The van der Waals surface area contributed by atoms with Crippen molar-refractivity contribution >= 4 is 29.4 Å². The number of anilines is 4. The minimum absolute atomic E-state index is 0.118. The van der Waals surface area contributed by atoms with Gasteiger partial charge in [-0.2, -0.15) is 23.3 Å². The highest BCUT2D eigenvalue weighted by atomic mass is 19.4. The van der Waals surface area contributed by atoms with Crippen molar-refractivity contribution < 1.29 is 17.6 Å². The Morgan fingerprint density at radius 2 is 1.91 bits per heavy atom. The Balaban J connectivity index is 1.34. The molecule has 2 heterocycles. The molecule has 2 aromatic heterocycles. The molecule has 3 N–H and O–H groups in total. The van der Waals surface area contributed by atoms with E-state index < -0.39 is 17.6 Å². The molecule has 166 valence electrons. The van der Waals surface area contributed by atoms with Crippen LogP contribution in [0.15, 0.2) is 53.9 Å². The van der Waals surface area contributed by atoms with Crippen molar-refractivity contribution in [3.8, 4) is 0 Å². The van der Waals surface area contributed by atoms with Gasteiger partial charge in [0.1, 0.15) is 0 Å². The molecular formula is C21H19F4N7. The van der Waals surface area contributed by atoms with Crippen molar-refractivity contribution in [2.45, 2.75) is 19.0 Å². The average molecular weight is 445 g/mol. The van der Waals surface area contributed by atoms with E-state index in [0.29, 0.717) is 29.5 Å². The SMILES string of the molecule is Fc1cnc(N/N=C/c2ccc(Nc3cccc(C(F)(F)F)c3)cn2)nc1NCC1CC1. The molecule has 1 fully saturated rings.